The fourth-order valence-corrected chi connectivity index (χ4v) is 2.02. The summed E-state index contributed by atoms with van der Waals surface area (Å²) < 4.78 is 38.0. The quantitative estimate of drug-likeness (QED) is 0.773. The molecule has 0 unspecified atom stereocenters. The number of rotatable bonds is 3. The van der Waals surface area contributed by atoms with E-state index in [1.54, 1.807) is 24.3 Å². The van der Waals surface area contributed by atoms with Crippen LogP contribution in [0.15, 0.2) is 42.5 Å². The molecule has 0 heterocycles. The molecule has 0 aliphatic rings. The molecule has 0 saturated heterocycles. The highest BCUT2D eigenvalue weighted by Crippen LogP contribution is 2.33. The summed E-state index contributed by atoms with van der Waals surface area (Å²) in [5.41, 5.74) is 0.450. The Morgan fingerprint density at radius 3 is 2.15 bits per heavy atom. The van der Waals surface area contributed by atoms with E-state index in [1.807, 2.05) is 0 Å². The number of hydrogen-bond acceptors (Lipinski definition) is 1. The van der Waals surface area contributed by atoms with Gasteiger partial charge in [0.2, 0.25) is 0 Å². The molecule has 20 heavy (non-hydrogen) atoms. The van der Waals surface area contributed by atoms with Crippen molar-refractivity contribution in [3.05, 3.63) is 63.6 Å². The van der Waals surface area contributed by atoms with Gasteiger partial charge in [-0.3, -0.25) is 0 Å². The lowest BCUT2D eigenvalue weighted by Crippen LogP contribution is -2.06. The van der Waals surface area contributed by atoms with Crippen molar-refractivity contribution >= 4 is 28.9 Å². The van der Waals surface area contributed by atoms with E-state index in [4.69, 9.17) is 23.2 Å². The molecule has 2 aromatic rings. The zero-order valence-corrected chi connectivity index (χ0v) is 11.7. The van der Waals surface area contributed by atoms with Crippen LogP contribution in [0.4, 0.5) is 18.9 Å². The van der Waals surface area contributed by atoms with Crippen molar-refractivity contribution in [1.82, 2.24) is 0 Å². The first-order chi connectivity index (χ1) is 9.34. The van der Waals surface area contributed by atoms with Crippen LogP contribution in [0.2, 0.25) is 10.0 Å². The summed E-state index contributed by atoms with van der Waals surface area (Å²) in [5.74, 6) is 0. The Kier molecular flexibility index (Phi) is 4.45. The van der Waals surface area contributed by atoms with E-state index in [2.05, 4.69) is 5.32 Å². The number of alkyl halides is 3. The SMILES string of the molecule is FC(F)(F)c1cc(Cl)cc(NCc2ccc(Cl)cc2)c1. The van der Waals surface area contributed by atoms with Gasteiger partial charge in [0.05, 0.1) is 5.56 Å². The molecule has 1 nitrogen and oxygen atoms in total. The lowest BCUT2D eigenvalue weighted by molar-refractivity contribution is -0.137. The van der Waals surface area contributed by atoms with E-state index in [0.717, 1.165) is 17.7 Å². The van der Waals surface area contributed by atoms with Crippen molar-refractivity contribution < 1.29 is 13.2 Å². The van der Waals surface area contributed by atoms with Gasteiger partial charge in [-0.1, -0.05) is 35.3 Å². The molecule has 0 radical (unpaired) electrons. The summed E-state index contributed by atoms with van der Waals surface area (Å²) in [7, 11) is 0. The molecule has 2 rings (SSSR count). The molecule has 0 aliphatic heterocycles. The largest absolute Gasteiger partial charge is 0.416 e. The van der Waals surface area contributed by atoms with Crippen LogP contribution in [0.25, 0.3) is 0 Å². The van der Waals surface area contributed by atoms with E-state index in [1.165, 1.54) is 6.07 Å². The van der Waals surface area contributed by atoms with Gasteiger partial charge in [-0.25, -0.2) is 0 Å². The molecule has 0 atom stereocenters. The Hall–Kier alpha value is -1.39. The Balaban J connectivity index is 2.13. The van der Waals surface area contributed by atoms with Crippen molar-refractivity contribution in [3.63, 3.8) is 0 Å². The molecule has 0 bridgehead atoms. The van der Waals surface area contributed by atoms with Gasteiger partial charge in [0.25, 0.3) is 0 Å². The maximum absolute atomic E-state index is 12.7. The minimum Gasteiger partial charge on any atom is -0.381 e. The Morgan fingerprint density at radius 1 is 0.900 bits per heavy atom. The first-order valence-corrected chi connectivity index (χ1v) is 6.46. The first-order valence-electron chi connectivity index (χ1n) is 5.71. The predicted octanol–water partition coefficient (Wildman–Crippen LogP) is 5.62. The van der Waals surface area contributed by atoms with Crippen molar-refractivity contribution in [2.24, 2.45) is 0 Å². The van der Waals surface area contributed by atoms with Gasteiger partial charge in [-0.05, 0) is 35.9 Å². The van der Waals surface area contributed by atoms with Crippen LogP contribution < -0.4 is 5.32 Å². The predicted molar refractivity (Wildman–Crippen MR) is 75.2 cm³/mol. The van der Waals surface area contributed by atoms with Crippen LogP contribution in [0.5, 0.6) is 0 Å². The van der Waals surface area contributed by atoms with E-state index >= 15 is 0 Å². The third kappa shape index (κ3) is 4.05. The molecule has 0 aromatic heterocycles. The third-order valence-electron chi connectivity index (χ3n) is 2.64. The summed E-state index contributed by atoms with van der Waals surface area (Å²) in [5, 5.41) is 3.55. The highest BCUT2D eigenvalue weighted by atomic mass is 35.5. The zero-order chi connectivity index (χ0) is 14.8. The van der Waals surface area contributed by atoms with Gasteiger partial charge in [-0.2, -0.15) is 13.2 Å². The second-order valence-electron chi connectivity index (χ2n) is 4.21. The van der Waals surface area contributed by atoms with Gasteiger partial charge in [0.15, 0.2) is 0 Å². The molecule has 0 aliphatic carbocycles. The van der Waals surface area contributed by atoms with Crippen LogP contribution >= 0.6 is 23.2 Å². The molecular weight excluding hydrogens is 310 g/mol. The highest BCUT2D eigenvalue weighted by Gasteiger charge is 2.31. The van der Waals surface area contributed by atoms with Crippen LogP contribution in [0.3, 0.4) is 0 Å². The van der Waals surface area contributed by atoms with Gasteiger partial charge in [0.1, 0.15) is 0 Å². The topological polar surface area (TPSA) is 12.0 Å². The number of benzene rings is 2. The molecule has 0 amide bonds. The number of halogens is 5. The van der Waals surface area contributed by atoms with Gasteiger partial charge in [-0.15, -0.1) is 0 Å². The number of nitrogens with one attached hydrogen (secondary N) is 1. The molecular formula is C14H10Cl2F3N. The molecule has 106 valence electrons. The molecule has 0 spiro atoms. The maximum Gasteiger partial charge on any atom is 0.416 e. The van der Waals surface area contributed by atoms with E-state index in [-0.39, 0.29) is 5.02 Å². The average molecular weight is 320 g/mol. The maximum atomic E-state index is 12.7. The van der Waals surface area contributed by atoms with Crippen molar-refractivity contribution in [2.45, 2.75) is 12.7 Å². The standard InChI is InChI=1S/C14H10Cl2F3N/c15-11-3-1-9(2-4-11)8-20-13-6-10(14(17,18)19)5-12(16)7-13/h1-7,20H,8H2. The minimum atomic E-state index is -4.42. The van der Waals surface area contributed by atoms with Gasteiger partial charge >= 0.3 is 6.18 Å². The van der Waals surface area contributed by atoms with E-state index in [0.29, 0.717) is 17.3 Å². The fourth-order valence-electron chi connectivity index (χ4n) is 1.66. The van der Waals surface area contributed by atoms with Crippen LogP contribution in [-0.4, -0.2) is 0 Å². The summed E-state index contributed by atoms with van der Waals surface area (Å²) in [6.07, 6.45) is -4.42. The Bertz CT molecular complexity index is 594. The van der Waals surface area contributed by atoms with E-state index in [9.17, 15) is 13.2 Å². The lowest BCUT2D eigenvalue weighted by atomic mass is 10.1. The highest BCUT2D eigenvalue weighted by molar-refractivity contribution is 6.31. The molecule has 6 heteroatoms. The lowest BCUT2D eigenvalue weighted by Gasteiger charge is -2.12. The van der Waals surface area contributed by atoms with Crippen LogP contribution in [0, 0.1) is 0 Å². The third-order valence-corrected chi connectivity index (χ3v) is 3.11. The number of anilines is 1. The second-order valence-corrected chi connectivity index (χ2v) is 5.08. The zero-order valence-electron chi connectivity index (χ0n) is 10.1. The molecule has 1 N–H and O–H groups in total. The van der Waals surface area contributed by atoms with Crippen molar-refractivity contribution in [3.8, 4) is 0 Å². The molecule has 0 saturated carbocycles. The second kappa shape index (κ2) is 5.94. The van der Waals surface area contributed by atoms with Crippen LogP contribution in [0.1, 0.15) is 11.1 Å². The summed E-state index contributed by atoms with van der Waals surface area (Å²) in [4.78, 5) is 0. The summed E-state index contributed by atoms with van der Waals surface area (Å²) >= 11 is 11.5. The normalized spacial score (nSPS) is 11.4. The Morgan fingerprint density at radius 2 is 1.55 bits per heavy atom. The van der Waals surface area contributed by atoms with Gasteiger partial charge < -0.3 is 5.32 Å². The van der Waals surface area contributed by atoms with E-state index < -0.39 is 11.7 Å². The minimum absolute atomic E-state index is 0.0402. The fraction of sp³-hybridized carbons (Fsp3) is 0.143. The summed E-state index contributed by atoms with van der Waals surface area (Å²) in [6.45, 7) is 0.384. The number of hydrogen-bond donors (Lipinski definition) is 1. The smallest absolute Gasteiger partial charge is 0.381 e. The molecule has 0 fully saturated rings. The monoisotopic (exact) mass is 319 g/mol. The van der Waals surface area contributed by atoms with Crippen molar-refractivity contribution in [1.29, 1.82) is 0 Å². The molecule has 2 aromatic carbocycles. The van der Waals surface area contributed by atoms with Crippen molar-refractivity contribution in [2.75, 3.05) is 5.32 Å². The Labute approximate surface area is 124 Å². The summed E-state index contributed by atoms with van der Waals surface area (Å²) in [6, 6.07) is 10.4. The van der Waals surface area contributed by atoms with Crippen LogP contribution in [-0.2, 0) is 12.7 Å². The van der Waals surface area contributed by atoms with Gasteiger partial charge in [0, 0.05) is 22.3 Å². The average Bonchev–Trinajstić information content (AvgIpc) is 2.36. The first kappa shape index (κ1) is 15.0.